The van der Waals surface area contributed by atoms with Crippen molar-refractivity contribution in [3.63, 3.8) is 0 Å². The lowest BCUT2D eigenvalue weighted by Crippen LogP contribution is -2.41. The summed E-state index contributed by atoms with van der Waals surface area (Å²) in [4.78, 5) is 22.1. The summed E-state index contributed by atoms with van der Waals surface area (Å²) < 4.78 is 5.22. The summed E-state index contributed by atoms with van der Waals surface area (Å²) in [5.41, 5.74) is 7.28. The van der Waals surface area contributed by atoms with Crippen molar-refractivity contribution in [3.8, 4) is 0 Å². The van der Waals surface area contributed by atoms with E-state index in [4.69, 9.17) is 22.1 Å². The van der Waals surface area contributed by atoms with E-state index in [1.54, 1.807) is 13.1 Å². The number of esters is 1. The van der Waals surface area contributed by atoms with Crippen molar-refractivity contribution < 1.29 is 9.53 Å². The van der Waals surface area contributed by atoms with Gasteiger partial charge < -0.3 is 10.5 Å². The standard InChI is InChI=1S/C17H21ClN4O2/c1-3-24-16(23)14(9-12-7-5-4-6-8-12)22(2)11-13-10-20-17(19)21-15(13)18/h4-8,10,14H,3,9,11H2,1-2H3,(H2,19,20,21)/t14-/m0/s1. The Kier molecular flexibility index (Phi) is 6.52. The van der Waals surface area contributed by atoms with Crippen LogP contribution in [0.4, 0.5) is 5.95 Å². The fourth-order valence-corrected chi connectivity index (χ4v) is 2.57. The molecule has 6 nitrogen and oxygen atoms in total. The molecule has 2 rings (SSSR count). The van der Waals surface area contributed by atoms with Gasteiger partial charge in [0.05, 0.1) is 6.61 Å². The number of aromatic nitrogens is 2. The summed E-state index contributed by atoms with van der Waals surface area (Å²) in [5.74, 6) is -0.144. The summed E-state index contributed by atoms with van der Waals surface area (Å²) >= 11 is 6.11. The Bertz CT molecular complexity index is 682. The predicted octanol–water partition coefficient (Wildman–Crippen LogP) is 2.32. The molecule has 0 unspecified atom stereocenters. The third-order valence-corrected chi connectivity index (χ3v) is 3.94. The van der Waals surface area contributed by atoms with Gasteiger partial charge in [0, 0.05) is 18.3 Å². The van der Waals surface area contributed by atoms with E-state index in [2.05, 4.69) is 9.97 Å². The molecule has 128 valence electrons. The lowest BCUT2D eigenvalue weighted by molar-refractivity contribution is -0.149. The third-order valence-electron chi connectivity index (χ3n) is 3.61. The largest absolute Gasteiger partial charge is 0.465 e. The second-order valence-electron chi connectivity index (χ2n) is 5.42. The molecule has 24 heavy (non-hydrogen) atoms. The molecule has 7 heteroatoms. The van der Waals surface area contributed by atoms with Gasteiger partial charge in [0.1, 0.15) is 11.2 Å². The number of ether oxygens (including phenoxy) is 1. The number of hydrogen-bond donors (Lipinski definition) is 1. The monoisotopic (exact) mass is 348 g/mol. The van der Waals surface area contributed by atoms with Gasteiger partial charge in [-0.2, -0.15) is 0 Å². The predicted molar refractivity (Wildman–Crippen MR) is 93.5 cm³/mol. The Morgan fingerprint density at radius 3 is 2.71 bits per heavy atom. The average molecular weight is 349 g/mol. The van der Waals surface area contributed by atoms with Crippen LogP contribution in [-0.2, 0) is 22.5 Å². The lowest BCUT2D eigenvalue weighted by Gasteiger charge is -2.26. The van der Waals surface area contributed by atoms with Crippen LogP contribution in [0, 0.1) is 0 Å². The summed E-state index contributed by atoms with van der Waals surface area (Å²) in [6.07, 6.45) is 2.12. The number of nitrogens with two attached hydrogens (primary N) is 1. The molecule has 0 aliphatic heterocycles. The Labute approximate surface area is 146 Å². The summed E-state index contributed by atoms with van der Waals surface area (Å²) in [5, 5.41) is 0.289. The van der Waals surface area contributed by atoms with E-state index in [9.17, 15) is 4.79 Å². The van der Waals surface area contributed by atoms with Crippen molar-refractivity contribution in [3.05, 3.63) is 52.8 Å². The van der Waals surface area contributed by atoms with Crippen LogP contribution in [-0.4, -0.2) is 40.5 Å². The van der Waals surface area contributed by atoms with Crippen molar-refractivity contribution in [1.29, 1.82) is 0 Å². The molecular weight excluding hydrogens is 328 g/mol. The molecule has 0 aliphatic carbocycles. The first-order valence-electron chi connectivity index (χ1n) is 7.69. The minimum atomic E-state index is -0.430. The van der Waals surface area contributed by atoms with Crippen molar-refractivity contribution in [1.82, 2.24) is 14.9 Å². The van der Waals surface area contributed by atoms with E-state index in [0.717, 1.165) is 5.56 Å². The Morgan fingerprint density at radius 2 is 2.08 bits per heavy atom. The van der Waals surface area contributed by atoms with Gasteiger partial charge in [0.25, 0.3) is 0 Å². The van der Waals surface area contributed by atoms with Crippen molar-refractivity contribution >= 4 is 23.5 Å². The lowest BCUT2D eigenvalue weighted by atomic mass is 10.0. The van der Waals surface area contributed by atoms with Crippen LogP contribution in [0.3, 0.4) is 0 Å². The van der Waals surface area contributed by atoms with Gasteiger partial charge in [0.2, 0.25) is 5.95 Å². The zero-order chi connectivity index (χ0) is 17.5. The number of carbonyl (C=O) groups is 1. The second-order valence-corrected chi connectivity index (χ2v) is 5.77. The molecule has 2 N–H and O–H groups in total. The van der Waals surface area contributed by atoms with Crippen LogP contribution in [0.1, 0.15) is 18.1 Å². The SMILES string of the molecule is CCOC(=O)[C@H](Cc1ccccc1)N(C)Cc1cnc(N)nc1Cl. The highest BCUT2D eigenvalue weighted by atomic mass is 35.5. The number of carbonyl (C=O) groups excluding carboxylic acids is 1. The van der Waals surface area contributed by atoms with E-state index in [-0.39, 0.29) is 17.1 Å². The molecule has 0 saturated heterocycles. The number of benzene rings is 1. The smallest absolute Gasteiger partial charge is 0.323 e. The van der Waals surface area contributed by atoms with E-state index in [1.807, 2.05) is 42.3 Å². The molecular formula is C17H21ClN4O2. The fourth-order valence-electron chi connectivity index (χ4n) is 2.38. The molecule has 0 bridgehead atoms. The summed E-state index contributed by atoms with van der Waals surface area (Å²) in [7, 11) is 1.84. The van der Waals surface area contributed by atoms with Crippen LogP contribution < -0.4 is 5.73 Å². The number of anilines is 1. The Balaban J connectivity index is 2.17. The second kappa shape index (κ2) is 8.61. The molecule has 0 amide bonds. The minimum Gasteiger partial charge on any atom is -0.465 e. The van der Waals surface area contributed by atoms with E-state index in [1.165, 1.54) is 0 Å². The molecule has 0 spiro atoms. The molecule has 1 aromatic heterocycles. The summed E-state index contributed by atoms with van der Waals surface area (Å²) in [6.45, 7) is 2.54. The van der Waals surface area contributed by atoms with E-state index >= 15 is 0 Å². The molecule has 0 radical (unpaired) electrons. The van der Waals surface area contributed by atoms with E-state index < -0.39 is 6.04 Å². The maximum absolute atomic E-state index is 12.4. The first-order chi connectivity index (χ1) is 11.5. The number of rotatable bonds is 7. The van der Waals surface area contributed by atoms with Gasteiger partial charge >= 0.3 is 5.97 Å². The van der Waals surface area contributed by atoms with Gasteiger partial charge in [-0.05, 0) is 26.0 Å². The van der Waals surface area contributed by atoms with Gasteiger partial charge in [-0.1, -0.05) is 41.9 Å². The number of likely N-dealkylation sites (N-methyl/N-ethyl adjacent to an activating group) is 1. The highest BCUT2D eigenvalue weighted by Crippen LogP contribution is 2.18. The molecule has 2 aromatic rings. The van der Waals surface area contributed by atoms with Gasteiger partial charge in [-0.15, -0.1) is 0 Å². The fraction of sp³-hybridized carbons (Fsp3) is 0.353. The zero-order valence-electron chi connectivity index (χ0n) is 13.8. The molecule has 0 saturated carbocycles. The topological polar surface area (TPSA) is 81.3 Å². The maximum Gasteiger partial charge on any atom is 0.323 e. The normalized spacial score (nSPS) is 12.2. The first kappa shape index (κ1) is 18.2. The third kappa shape index (κ3) is 4.91. The molecule has 1 heterocycles. The number of nitrogen functional groups attached to an aromatic ring is 1. The van der Waals surface area contributed by atoms with Gasteiger partial charge in [-0.25, -0.2) is 9.97 Å². The average Bonchev–Trinajstić information content (AvgIpc) is 2.56. The van der Waals surface area contributed by atoms with Crippen molar-refractivity contribution in [2.75, 3.05) is 19.4 Å². The molecule has 0 fully saturated rings. The van der Waals surface area contributed by atoms with Gasteiger partial charge in [0.15, 0.2) is 0 Å². The minimum absolute atomic E-state index is 0.123. The Hall–Kier alpha value is -2.18. The zero-order valence-corrected chi connectivity index (χ0v) is 14.5. The number of hydrogen-bond acceptors (Lipinski definition) is 6. The molecule has 1 aromatic carbocycles. The highest BCUT2D eigenvalue weighted by molar-refractivity contribution is 6.30. The maximum atomic E-state index is 12.4. The van der Waals surface area contributed by atoms with Crippen LogP contribution in [0.5, 0.6) is 0 Å². The van der Waals surface area contributed by atoms with Crippen LogP contribution in [0.2, 0.25) is 5.15 Å². The van der Waals surface area contributed by atoms with Crippen molar-refractivity contribution in [2.45, 2.75) is 25.9 Å². The van der Waals surface area contributed by atoms with Crippen molar-refractivity contribution in [2.24, 2.45) is 0 Å². The molecule has 1 atom stereocenters. The highest BCUT2D eigenvalue weighted by Gasteiger charge is 2.25. The molecule has 0 aliphatic rings. The van der Waals surface area contributed by atoms with Gasteiger partial charge in [-0.3, -0.25) is 9.69 Å². The first-order valence-corrected chi connectivity index (χ1v) is 8.06. The van der Waals surface area contributed by atoms with E-state index in [0.29, 0.717) is 25.1 Å². The van der Waals surface area contributed by atoms with Crippen LogP contribution in [0.25, 0.3) is 0 Å². The summed E-state index contributed by atoms with van der Waals surface area (Å²) in [6, 6.07) is 9.38. The van der Waals surface area contributed by atoms with Crippen LogP contribution in [0.15, 0.2) is 36.5 Å². The number of nitrogens with zero attached hydrogens (tertiary/aromatic N) is 3. The Morgan fingerprint density at radius 1 is 1.38 bits per heavy atom. The number of halogens is 1. The van der Waals surface area contributed by atoms with Crippen LogP contribution >= 0.6 is 11.6 Å². The quantitative estimate of drug-likeness (QED) is 0.611.